The Kier molecular flexibility index (Phi) is 5.56. The fourth-order valence-corrected chi connectivity index (χ4v) is 2.08. The Hall–Kier alpha value is -1.56. The van der Waals surface area contributed by atoms with Crippen LogP contribution in [0.25, 0.3) is 0 Å². The van der Waals surface area contributed by atoms with E-state index in [0.29, 0.717) is 22.2 Å². The molecular weight excluding hydrogens is 326 g/mol. The van der Waals surface area contributed by atoms with Gasteiger partial charge >= 0.3 is 5.97 Å². The first-order chi connectivity index (χ1) is 9.34. The second kappa shape index (κ2) is 6.74. The molecule has 0 aromatic heterocycles. The number of carboxylic acids is 1. The van der Waals surface area contributed by atoms with Gasteiger partial charge in [0.25, 0.3) is 5.91 Å². The molecule has 1 unspecified atom stereocenters. The molecule has 0 radical (unpaired) electrons. The molecule has 2 N–H and O–H groups in total. The lowest BCUT2D eigenvalue weighted by Gasteiger charge is -2.23. The summed E-state index contributed by atoms with van der Waals surface area (Å²) in [7, 11) is 1.54. The third-order valence-electron chi connectivity index (χ3n) is 3.35. The van der Waals surface area contributed by atoms with Crippen molar-refractivity contribution in [3.05, 3.63) is 28.2 Å². The van der Waals surface area contributed by atoms with E-state index in [4.69, 9.17) is 9.84 Å². The van der Waals surface area contributed by atoms with Crippen LogP contribution in [0.5, 0.6) is 5.75 Å². The van der Waals surface area contributed by atoms with Crippen molar-refractivity contribution in [3.8, 4) is 5.75 Å². The van der Waals surface area contributed by atoms with Gasteiger partial charge in [0.05, 0.1) is 17.0 Å². The molecule has 1 amide bonds. The van der Waals surface area contributed by atoms with Gasteiger partial charge in [0.2, 0.25) is 0 Å². The molecule has 0 aliphatic heterocycles. The zero-order valence-electron chi connectivity index (χ0n) is 11.7. The van der Waals surface area contributed by atoms with E-state index in [1.807, 2.05) is 0 Å². The normalized spacial score (nSPS) is 13.4. The number of halogens is 1. The maximum Gasteiger partial charge on any atom is 0.311 e. The quantitative estimate of drug-likeness (QED) is 0.832. The number of hydrogen-bond acceptors (Lipinski definition) is 3. The highest BCUT2D eigenvalue weighted by Gasteiger charge is 2.31. The van der Waals surface area contributed by atoms with Gasteiger partial charge in [-0.3, -0.25) is 9.59 Å². The van der Waals surface area contributed by atoms with E-state index in [9.17, 15) is 9.59 Å². The number of ether oxygens (including phenoxy) is 1. The first-order valence-corrected chi connectivity index (χ1v) is 6.98. The molecule has 0 saturated heterocycles. The molecule has 0 heterocycles. The van der Waals surface area contributed by atoms with Crippen molar-refractivity contribution in [2.24, 2.45) is 5.41 Å². The highest BCUT2D eigenvalue weighted by atomic mass is 79.9. The first-order valence-electron chi connectivity index (χ1n) is 6.19. The molecule has 6 heteroatoms. The number of benzene rings is 1. The Labute approximate surface area is 126 Å². The molecular formula is C14H18BrNO4. The number of nitrogens with one attached hydrogen (secondary N) is 1. The number of carbonyl (C=O) groups is 2. The molecule has 20 heavy (non-hydrogen) atoms. The first kappa shape index (κ1) is 16.5. The van der Waals surface area contributed by atoms with Gasteiger partial charge in [-0.1, -0.05) is 6.92 Å². The number of amides is 1. The van der Waals surface area contributed by atoms with Crippen LogP contribution in [0.3, 0.4) is 0 Å². The number of methoxy groups -OCH3 is 1. The molecule has 0 fully saturated rings. The van der Waals surface area contributed by atoms with Crippen molar-refractivity contribution in [3.63, 3.8) is 0 Å². The van der Waals surface area contributed by atoms with Crippen molar-refractivity contribution < 1.29 is 19.4 Å². The van der Waals surface area contributed by atoms with Gasteiger partial charge < -0.3 is 15.2 Å². The van der Waals surface area contributed by atoms with Gasteiger partial charge in [0.1, 0.15) is 5.75 Å². The molecule has 0 bridgehead atoms. The minimum Gasteiger partial charge on any atom is -0.496 e. The average molecular weight is 344 g/mol. The smallest absolute Gasteiger partial charge is 0.311 e. The van der Waals surface area contributed by atoms with Gasteiger partial charge in [-0.15, -0.1) is 0 Å². The highest BCUT2D eigenvalue weighted by molar-refractivity contribution is 9.10. The second-order valence-electron chi connectivity index (χ2n) is 4.75. The maximum atomic E-state index is 12.0. The summed E-state index contributed by atoms with van der Waals surface area (Å²) in [5.41, 5.74) is -0.513. The summed E-state index contributed by atoms with van der Waals surface area (Å²) in [4.78, 5) is 23.2. The molecule has 0 spiro atoms. The van der Waals surface area contributed by atoms with Crippen LogP contribution in [0.2, 0.25) is 0 Å². The number of carboxylic acid groups (broad SMARTS) is 1. The predicted octanol–water partition coefficient (Wildman–Crippen LogP) is 2.69. The molecule has 1 aromatic carbocycles. The SMILES string of the molecule is CCC(C)(CNC(=O)c1ccc(OC)c(Br)c1)C(=O)O. The average Bonchev–Trinajstić information content (AvgIpc) is 2.43. The molecule has 1 atom stereocenters. The number of rotatable bonds is 6. The lowest BCUT2D eigenvalue weighted by atomic mass is 9.87. The van der Waals surface area contributed by atoms with E-state index in [1.165, 1.54) is 0 Å². The zero-order valence-corrected chi connectivity index (χ0v) is 13.3. The molecule has 0 saturated carbocycles. The summed E-state index contributed by atoms with van der Waals surface area (Å²) in [6, 6.07) is 4.94. The van der Waals surface area contributed by atoms with Gasteiger partial charge in [0, 0.05) is 12.1 Å². The Balaban J connectivity index is 2.77. The molecule has 0 aliphatic rings. The van der Waals surface area contributed by atoms with Crippen LogP contribution in [-0.4, -0.2) is 30.6 Å². The molecule has 110 valence electrons. The fourth-order valence-electron chi connectivity index (χ4n) is 1.54. The monoisotopic (exact) mass is 343 g/mol. The van der Waals surface area contributed by atoms with Crippen molar-refractivity contribution in [2.75, 3.05) is 13.7 Å². The lowest BCUT2D eigenvalue weighted by Crippen LogP contribution is -2.40. The van der Waals surface area contributed by atoms with Crippen molar-refractivity contribution >= 4 is 27.8 Å². The summed E-state index contributed by atoms with van der Waals surface area (Å²) >= 11 is 3.30. The van der Waals surface area contributed by atoms with Gasteiger partial charge in [-0.25, -0.2) is 0 Å². The number of aliphatic carboxylic acids is 1. The van der Waals surface area contributed by atoms with Crippen LogP contribution < -0.4 is 10.1 Å². The highest BCUT2D eigenvalue weighted by Crippen LogP contribution is 2.26. The topological polar surface area (TPSA) is 75.6 Å². The largest absolute Gasteiger partial charge is 0.496 e. The van der Waals surface area contributed by atoms with Crippen molar-refractivity contribution in [2.45, 2.75) is 20.3 Å². The van der Waals surface area contributed by atoms with Crippen molar-refractivity contribution in [1.82, 2.24) is 5.32 Å². The van der Waals surface area contributed by atoms with Gasteiger partial charge in [-0.2, -0.15) is 0 Å². The molecule has 5 nitrogen and oxygen atoms in total. The minimum absolute atomic E-state index is 0.0846. The molecule has 1 aromatic rings. The van der Waals surface area contributed by atoms with Crippen LogP contribution >= 0.6 is 15.9 Å². The van der Waals surface area contributed by atoms with E-state index in [0.717, 1.165) is 0 Å². The standard InChI is InChI=1S/C14H18BrNO4/c1-4-14(2,13(18)19)8-16-12(17)9-5-6-11(20-3)10(15)7-9/h5-7H,4,8H2,1-3H3,(H,16,17)(H,18,19). The minimum atomic E-state index is -0.959. The predicted molar refractivity (Wildman–Crippen MR) is 79.1 cm³/mol. The summed E-state index contributed by atoms with van der Waals surface area (Å²) < 4.78 is 5.76. The fraction of sp³-hybridized carbons (Fsp3) is 0.429. The maximum absolute atomic E-state index is 12.0. The summed E-state index contributed by atoms with van der Waals surface area (Å²) in [6.45, 7) is 3.48. The van der Waals surface area contributed by atoms with E-state index < -0.39 is 11.4 Å². The van der Waals surface area contributed by atoms with Crippen LogP contribution in [0, 0.1) is 5.41 Å². The third kappa shape index (κ3) is 3.72. The summed E-state index contributed by atoms with van der Waals surface area (Å²) in [5, 5.41) is 11.8. The molecule has 1 rings (SSSR count). The van der Waals surface area contributed by atoms with Gasteiger partial charge in [0.15, 0.2) is 0 Å². The van der Waals surface area contributed by atoms with E-state index >= 15 is 0 Å². The Morgan fingerprint density at radius 1 is 1.45 bits per heavy atom. The summed E-state index contributed by atoms with van der Waals surface area (Å²) in [5.74, 6) is -0.601. The number of carbonyl (C=O) groups excluding carboxylic acids is 1. The van der Waals surface area contributed by atoms with Crippen LogP contribution in [-0.2, 0) is 4.79 Å². The summed E-state index contributed by atoms with van der Waals surface area (Å²) in [6.07, 6.45) is 0.439. The lowest BCUT2D eigenvalue weighted by molar-refractivity contribution is -0.147. The van der Waals surface area contributed by atoms with E-state index in [-0.39, 0.29) is 12.5 Å². The Bertz CT molecular complexity index is 518. The van der Waals surface area contributed by atoms with Gasteiger partial charge in [-0.05, 0) is 47.5 Å². The molecule has 0 aliphatic carbocycles. The Morgan fingerprint density at radius 2 is 2.10 bits per heavy atom. The van der Waals surface area contributed by atoms with Crippen LogP contribution in [0.1, 0.15) is 30.6 Å². The van der Waals surface area contributed by atoms with Crippen LogP contribution in [0.4, 0.5) is 0 Å². The third-order valence-corrected chi connectivity index (χ3v) is 3.97. The van der Waals surface area contributed by atoms with Crippen LogP contribution in [0.15, 0.2) is 22.7 Å². The van der Waals surface area contributed by atoms with E-state index in [1.54, 1.807) is 39.2 Å². The van der Waals surface area contributed by atoms with E-state index in [2.05, 4.69) is 21.2 Å². The second-order valence-corrected chi connectivity index (χ2v) is 5.61. The Morgan fingerprint density at radius 3 is 2.55 bits per heavy atom. The zero-order chi connectivity index (χ0) is 15.3. The van der Waals surface area contributed by atoms with Crippen molar-refractivity contribution in [1.29, 1.82) is 0 Å². The number of hydrogen-bond donors (Lipinski definition) is 2.